The molecule has 0 radical (unpaired) electrons. The van der Waals surface area contributed by atoms with Crippen LogP contribution in [0.5, 0.6) is 0 Å². The molecule has 1 N–H and O–H groups in total. The van der Waals surface area contributed by atoms with Gasteiger partial charge in [-0.1, -0.05) is 86.0 Å². The van der Waals surface area contributed by atoms with Crippen LogP contribution < -0.4 is 0 Å². The van der Waals surface area contributed by atoms with E-state index in [1.54, 1.807) is 0 Å². The molecule has 0 atom stereocenters. The minimum absolute atomic E-state index is 0.0559. The van der Waals surface area contributed by atoms with Crippen LogP contribution in [-0.2, 0) is 13.2 Å². The molecule has 0 aliphatic rings. The van der Waals surface area contributed by atoms with Crippen LogP contribution in [0.15, 0.2) is 54.6 Å². The van der Waals surface area contributed by atoms with E-state index >= 15 is 0 Å². The maximum Gasteiger partial charge on any atom is 0.121 e. The molecule has 2 aromatic carbocycles. The molecule has 0 saturated heterocycles. The van der Waals surface area contributed by atoms with Gasteiger partial charge in [-0.2, -0.15) is 0 Å². The van der Waals surface area contributed by atoms with Crippen LogP contribution in [0.4, 0.5) is 0 Å². The van der Waals surface area contributed by atoms with E-state index in [1.807, 2.05) is 47.1 Å². The molecule has 130 valence electrons. The van der Waals surface area contributed by atoms with Gasteiger partial charge in [0.2, 0.25) is 0 Å². The highest BCUT2D eigenvalue weighted by Crippen LogP contribution is 2.30. The van der Waals surface area contributed by atoms with Crippen molar-refractivity contribution in [1.29, 1.82) is 0 Å². The molecule has 1 heterocycles. The molecule has 0 bridgehead atoms. The lowest BCUT2D eigenvalue weighted by Crippen LogP contribution is -2.03. The van der Waals surface area contributed by atoms with E-state index in [4.69, 9.17) is 0 Å². The molecule has 4 heteroatoms. The van der Waals surface area contributed by atoms with E-state index in [0.717, 1.165) is 41.0 Å². The second-order valence-corrected chi connectivity index (χ2v) is 6.29. The summed E-state index contributed by atoms with van der Waals surface area (Å²) in [7, 11) is 0. The van der Waals surface area contributed by atoms with Gasteiger partial charge in [0, 0.05) is 17.7 Å². The van der Waals surface area contributed by atoms with Crippen LogP contribution in [0.25, 0.3) is 22.5 Å². The highest BCUT2D eigenvalue weighted by molar-refractivity contribution is 5.78. The summed E-state index contributed by atoms with van der Waals surface area (Å²) in [4.78, 5) is 0. The van der Waals surface area contributed by atoms with Crippen molar-refractivity contribution in [2.45, 2.75) is 45.8 Å². The summed E-state index contributed by atoms with van der Waals surface area (Å²) in [6.45, 7) is 3.15. The number of aliphatic hydroxyl groups is 1. The van der Waals surface area contributed by atoms with Crippen molar-refractivity contribution in [2.24, 2.45) is 0 Å². The van der Waals surface area contributed by atoms with E-state index in [2.05, 4.69) is 29.4 Å². The van der Waals surface area contributed by atoms with Gasteiger partial charge in [0.15, 0.2) is 0 Å². The quantitative estimate of drug-likeness (QED) is 0.608. The average molecular weight is 335 g/mol. The fourth-order valence-corrected chi connectivity index (χ4v) is 3.00. The maximum atomic E-state index is 9.28. The van der Waals surface area contributed by atoms with E-state index in [-0.39, 0.29) is 6.61 Å². The number of benzene rings is 2. The number of aromatic nitrogens is 3. The summed E-state index contributed by atoms with van der Waals surface area (Å²) in [5, 5.41) is 18.2. The number of aliphatic hydroxyl groups excluding tert-OH is 1. The number of aryl methyl sites for hydroxylation is 1. The van der Waals surface area contributed by atoms with Gasteiger partial charge >= 0.3 is 0 Å². The Morgan fingerprint density at radius 3 is 2.32 bits per heavy atom. The fraction of sp³-hybridized carbons (Fsp3) is 0.333. The molecule has 3 rings (SSSR count). The summed E-state index contributed by atoms with van der Waals surface area (Å²) in [6, 6.07) is 18.2. The van der Waals surface area contributed by atoms with Gasteiger partial charge in [-0.25, -0.2) is 4.68 Å². The van der Waals surface area contributed by atoms with Gasteiger partial charge in [-0.15, -0.1) is 5.10 Å². The highest BCUT2D eigenvalue weighted by Gasteiger charge is 2.16. The number of hydrogen-bond donors (Lipinski definition) is 1. The van der Waals surface area contributed by atoms with Crippen molar-refractivity contribution in [3.63, 3.8) is 0 Å². The molecule has 25 heavy (non-hydrogen) atoms. The number of rotatable bonds is 8. The molecule has 3 aromatic rings. The van der Waals surface area contributed by atoms with Gasteiger partial charge in [0.05, 0.1) is 12.3 Å². The Hall–Kier alpha value is -2.46. The smallest absolute Gasteiger partial charge is 0.121 e. The Morgan fingerprint density at radius 1 is 0.880 bits per heavy atom. The molecule has 4 nitrogen and oxygen atoms in total. The zero-order chi connectivity index (χ0) is 17.5. The molecule has 0 spiro atoms. The minimum Gasteiger partial charge on any atom is -0.392 e. The summed E-state index contributed by atoms with van der Waals surface area (Å²) < 4.78 is 2.02. The number of nitrogens with zero attached hydrogens (tertiary/aromatic N) is 3. The normalized spacial score (nSPS) is 11.0. The summed E-state index contributed by atoms with van der Waals surface area (Å²) in [6.07, 6.45) is 4.79. The van der Waals surface area contributed by atoms with Gasteiger partial charge in [-0.3, -0.25) is 0 Å². The Morgan fingerprint density at radius 2 is 1.64 bits per heavy atom. The average Bonchev–Trinajstić information content (AvgIpc) is 3.10. The minimum atomic E-state index is 0.0559. The van der Waals surface area contributed by atoms with Crippen LogP contribution >= 0.6 is 0 Å². The molecule has 0 amide bonds. The third-order valence-electron chi connectivity index (χ3n) is 4.42. The Kier molecular flexibility index (Phi) is 5.96. The second-order valence-electron chi connectivity index (χ2n) is 6.29. The molecule has 0 aliphatic heterocycles. The van der Waals surface area contributed by atoms with Crippen molar-refractivity contribution in [3.05, 3.63) is 60.2 Å². The van der Waals surface area contributed by atoms with Gasteiger partial charge < -0.3 is 5.11 Å². The zero-order valence-electron chi connectivity index (χ0n) is 14.7. The molecular weight excluding hydrogens is 310 g/mol. The lowest BCUT2D eigenvalue weighted by atomic mass is 10.0. The monoisotopic (exact) mass is 335 g/mol. The molecule has 1 aromatic heterocycles. The predicted molar refractivity (Wildman–Crippen MR) is 101 cm³/mol. The number of unbranched alkanes of at least 4 members (excludes halogenated alkanes) is 3. The standard InChI is InChI=1S/C21H25N3O/c1-2-3-4-8-15-24-21(19-13-11-17(16-25)12-14-19)20(22-23-24)18-9-6-5-7-10-18/h5-7,9-14,25H,2-4,8,15-16H2,1H3. The summed E-state index contributed by atoms with van der Waals surface area (Å²) >= 11 is 0. The van der Waals surface area contributed by atoms with Gasteiger partial charge in [0.25, 0.3) is 0 Å². The molecule has 0 saturated carbocycles. The van der Waals surface area contributed by atoms with Crippen LogP contribution in [0.2, 0.25) is 0 Å². The van der Waals surface area contributed by atoms with Crippen molar-refractivity contribution < 1.29 is 5.11 Å². The maximum absolute atomic E-state index is 9.28. The van der Waals surface area contributed by atoms with Crippen LogP contribution in [-0.4, -0.2) is 20.1 Å². The first-order chi connectivity index (χ1) is 12.3. The first kappa shape index (κ1) is 17.4. The topological polar surface area (TPSA) is 50.9 Å². The van der Waals surface area contributed by atoms with Crippen LogP contribution in [0.3, 0.4) is 0 Å². The first-order valence-electron chi connectivity index (χ1n) is 9.02. The Bertz CT molecular complexity index is 779. The molecule has 0 fully saturated rings. The van der Waals surface area contributed by atoms with Crippen molar-refractivity contribution in [2.75, 3.05) is 0 Å². The lowest BCUT2D eigenvalue weighted by Gasteiger charge is -2.09. The summed E-state index contributed by atoms with van der Waals surface area (Å²) in [5.74, 6) is 0. The Labute approximate surface area is 149 Å². The molecule has 0 unspecified atom stereocenters. The van der Waals surface area contributed by atoms with Gasteiger partial charge in [-0.05, 0) is 12.0 Å². The SMILES string of the molecule is CCCCCCn1nnc(-c2ccccc2)c1-c1ccc(CO)cc1. The first-order valence-corrected chi connectivity index (χ1v) is 9.02. The predicted octanol–water partition coefficient (Wildman–Crippen LogP) is 4.68. The van der Waals surface area contributed by atoms with Crippen molar-refractivity contribution >= 4 is 0 Å². The fourth-order valence-electron chi connectivity index (χ4n) is 3.00. The van der Waals surface area contributed by atoms with E-state index in [0.29, 0.717) is 0 Å². The molecule has 0 aliphatic carbocycles. The van der Waals surface area contributed by atoms with E-state index < -0.39 is 0 Å². The third kappa shape index (κ3) is 4.15. The summed E-state index contributed by atoms with van der Waals surface area (Å²) in [5.41, 5.74) is 5.02. The third-order valence-corrected chi connectivity index (χ3v) is 4.42. The van der Waals surface area contributed by atoms with Gasteiger partial charge in [0.1, 0.15) is 5.69 Å². The Balaban J connectivity index is 1.96. The second kappa shape index (κ2) is 8.58. The van der Waals surface area contributed by atoms with Crippen LogP contribution in [0, 0.1) is 0 Å². The molecular formula is C21H25N3O. The van der Waals surface area contributed by atoms with E-state index in [1.165, 1.54) is 19.3 Å². The highest BCUT2D eigenvalue weighted by atomic mass is 16.3. The number of hydrogen-bond acceptors (Lipinski definition) is 3. The van der Waals surface area contributed by atoms with Crippen molar-refractivity contribution in [1.82, 2.24) is 15.0 Å². The largest absolute Gasteiger partial charge is 0.392 e. The van der Waals surface area contributed by atoms with Crippen LogP contribution in [0.1, 0.15) is 38.2 Å². The zero-order valence-corrected chi connectivity index (χ0v) is 14.7. The van der Waals surface area contributed by atoms with E-state index in [9.17, 15) is 5.11 Å². The lowest BCUT2D eigenvalue weighted by molar-refractivity contribution is 0.282. The van der Waals surface area contributed by atoms with Crippen molar-refractivity contribution in [3.8, 4) is 22.5 Å².